The van der Waals surface area contributed by atoms with E-state index in [-0.39, 0.29) is 17.4 Å². The lowest BCUT2D eigenvalue weighted by atomic mass is 10.0. The van der Waals surface area contributed by atoms with Gasteiger partial charge in [-0.05, 0) is 26.9 Å². The second kappa shape index (κ2) is 5.03. The second-order valence-corrected chi connectivity index (χ2v) is 8.30. The first-order chi connectivity index (χ1) is 8.71. The number of amides is 1. The van der Waals surface area contributed by atoms with Crippen molar-refractivity contribution in [3.63, 3.8) is 0 Å². The van der Waals surface area contributed by atoms with Crippen LogP contribution in [-0.4, -0.2) is 80.1 Å². The Morgan fingerprint density at radius 3 is 2.68 bits per heavy atom. The molecule has 2 aliphatic heterocycles. The van der Waals surface area contributed by atoms with E-state index >= 15 is 0 Å². The lowest BCUT2D eigenvalue weighted by molar-refractivity contribution is -0.134. The summed E-state index contributed by atoms with van der Waals surface area (Å²) in [5.41, 5.74) is -0.864. The van der Waals surface area contributed by atoms with Crippen LogP contribution in [0.5, 0.6) is 0 Å². The number of sulfone groups is 1. The molecule has 0 bridgehead atoms. The standard InChI is InChI=1S/C12H22N2O4S/c1-13(2)8-12(16)4-5-14(9-12)11(15)10-3-6-19(17,18)7-10/h10,16H,3-9H2,1-2H3/t10-,12-/m0/s1. The molecule has 2 rings (SSSR count). The molecule has 6 nitrogen and oxygen atoms in total. The molecule has 0 unspecified atom stereocenters. The molecule has 110 valence electrons. The average Bonchev–Trinajstić information content (AvgIpc) is 2.80. The summed E-state index contributed by atoms with van der Waals surface area (Å²) < 4.78 is 22.8. The molecule has 7 heteroatoms. The molecule has 0 aromatic carbocycles. The first-order valence-corrected chi connectivity index (χ1v) is 8.39. The van der Waals surface area contributed by atoms with Crippen LogP contribution < -0.4 is 0 Å². The van der Waals surface area contributed by atoms with Gasteiger partial charge in [0.25, 0.3) is 0 Å². The fourth-order valence-corrected chi connectivity index (χ4v) is 4.74. The van der Waals surface area contributed by atoms with Gasteiger partial charge in [0, 0.05) is 13.1 Å². The van der Waals surface area contributed by atoms with Gasteiger partial charge < -0.3 is 14.9 Å². The van der Waals surface area contributed by atoms with Crippen molar-refractivity contribution in [1.82, 2.24) is 9.80 Å². The van der Waals surface area contributed by atoms with Crippen LogP contribution in [0.25, 0.3) is 0 Å². The van der Waals surface area contributed by atoms with E-state index in [1.807, 2.05) is 19.0 Å². The molecule has 2 saturated heterocycles. The number of rotatable bonds is 3. The van der Waals surface area contributed by atoms with Gasteiger partial charge in [0.1, 0.15) is 0 Å². The van der Waals surface area contributed by atoms with Crippen molar-refractivity contribution < 1.29 is 18.3 Å². The molecule has 0 aliphatic carbocycles. The Morgan fingerprint density at radius 2 is 2.16 bits per heavy atom. The Balaban J connectivity index is 1.96. The van der Waals surface area contributed by atoms with Crippen molar-refractivity contribution >= 4 is 15.7 Å². The highest BCUT2D eigenvalue weighted by atomic mass is 32.2. The SMILES string of the molecule is CN(C)C[C@@]1(O)CCN(C(=O)[C@H]2CCS(=O)(=O)C2)C1. The normalized spacial score (nSPS) is 34.1. The number of nitrogens with zero attached hydrogens (tertiary/aromatic N) is 2. The summed E-state index contributed by atoms with van der Waals surface area (Å²) in [6.07, 6.45) is 0.972. The van der Waals surface area contributed by atoms with Crippen molar-refractivity contribution in [2.45, 2.75) is 18.4 Å². The fraction of sp³-hybridized carbons (Fsp3) is 0.917. The highest BCUT2D eigenvalue weighted by Crippen LogP contribution is 2.27. The minimum Gasteiger partial charge on any atom is -0.387 e. The zero-order chi connectivity index (χ0) is 14.3. The highest BCUT2D eigenvalue weighted by Gasteiger charge is 2.42. The molecule has 0 saturated carbocycles. The van der Waals surface area contributed by atoms with Crippen molar-refractivity contribution in [2.75, 3.05) is 45.2 Å². The van der Waals surface area contributed by atoms with Gasteiger partial charge in [0.2, 0.25) is 5.91 Å². The van der Waals surface area contributed by atoms with Crippen LogP contribution in [0.1, 0.15) is 12.8 Å². The van der Waals surface area contributed by atoms with Gasteiger partial charge in [-0.15, -0.1) is 0 Å². The topological polar surface area (TPSA) is 77.9 Å². The largest absolute Gasteiger partial charge is 0.387 e. The van der Waals surface area contributed by atoms with E-state index in [0.717, 1.165) is 0 Å². The first kappa shape index (κ1) is 14.7. The Hall–Kier alpha value is -0.660. The van der Waals surface area contributed by atoms with Gasteiger partial charge >= 0.3 is 0 Å². The van der Waals surface area contributed by atoms with Crippen LogP contribution in [0.15, 0.2) is 0 Å². The van der Waals surface area contributed by atoms with Crippen molar-refractivity contribution in [3.05, 3.63) is 0 Å². The highest BCUT2D eigenvalue weighted by molar-refractivity contribution is 7.91. The van der Waals surface area contributed by atoms with Gasteiger partial charge in [-0.1, -0.05) is 0 Å². The van der Waals surface area contributed by atoms with E-state index in [4.69, 9.17) is 0 Å². The molecule has 2 atom stereocenters. The number of hydrogen-bond donors (Lipinski definition) is 1. The third-order valence-electron chi connectivity index (χ3n) is 3.84. The molecular formula is C12H22N2O4S. The summed E-state index contributed by atoms with van der Waals surface area (Å²) in [7, 11) is 0.726. The van der Waals surface area contributed by atoms with E-state index in [1.165, 1.54) is 0 Å². The van der Waals surface area contributed by atoms with Crippen molar-refractivity contribution in [3.8, 4) is 0 Å². The Bertz CT molecular complexity index is 462. The third kappa shape index (κ3) is 3.46. The molecule has 2 heterocycles. The molecule has 1 amide bonds. The van der Waals surface area contributed by atoms with Crippen LogP contribution in [0.3, 0.4) is 0 Å². The van der Waals surface area contributed by atoms with Gasteiger partial charge in [-0.3, -0.25) is 4.79 Å². The van der Waals surface area contributed by atoms with E-state index < -0.39 is 21.4 Å². The molecule has 2 fully saturated rings. The summed E-state index contributed by atoms with van der Waals surface area (Å²) in [6, 6.07) is 0. The second-order valence-electron chi connectivity index (χ2n) is 6.07. The summed E-state index contributed by atoms with van der Waals surface area (Å²) in [6.45, 7) is 1.33. The minimum absolute atomic E-state index is 0.0333. The van der Waals surface area contributed by atoms with Crippen molar-refractivity contribution in [2.24, 2.45) is 5.92 Å². The van der Waals surface area contributed by atoms with E-state index in [9.17, 15) is 18.3 Å². The van der Waals surface area contributed by atoms with Gasteiger partial charge in [0.05, 0.1) is 29.6 Å². The van der Waals surface area contributed by atoms with Gasteiger partial charge in [0.15, 0.2) is 9.84 Å². The predicted octanol–water partition coefficient (Wildman–Crippen LogP) is -1.05. The number of carbonyl (C=O) groups is 1. The number of hydrogen-bond acceptors (Lipinski definition) is 5. The molecular weight excluding hydrogens is 268 g/mol. The number of carbonyl (C=O) groups excluding carboxylic acids is 1. The third-order valence-corrected chi connectivity index (χ3v) is 5.60. The molecule has 0 radical (unpaired) electrons. The fourth-order valence-electron chi connectivity index (χ4n) is 3.01. The lowest BCUT2D eigenvalue weighted by Gasteiger charge is -2.27. The number of likely N-dealkylation sites (tertiary alicyclic amines) is 1. The van der Waals surface area contributed by atoms with Crippen LogP contribution >= 0.6 is 0 Å². The maximum absolute atomic E-state index is 12.2. The Kier molecular flexibility index (Phi) is 3.90. The van der Waals surface area contributed by atoms with Crippen LogP contribution in [0.4, 0.5) is 0 Å². The summed E-state index contributed by atoms with van der Waals surface area (Å²) in [5, 5.41) is 10.4. The van der Waals surface area contributed by atoms with E-state index in [1.54, 1.807) is 4.90 Å². The lowest BCUT2D eigenvalue weighted by Crippen LogP contribution is -2.44. The maximum Gasteiger partial charge on any atom is 0.226 e. The Morgan fingerprint density at radius 1 is 1.47 bits per heavy atom. The number of β-amino-alcohol motifs (C(OH)–C–C–N with tert-alkyl or cyclic N) is 1. The van der Waals surface area contributed by atoms with Gasteiger partial charge in [-0.2, -0.15) is 0 Å². The average molecular weight is 290 g/mol. The summed E-state index contributed by atoms with van der Waals surface area (Å²) >= 11 is 0. The van der Waals surface area contributed by atoms with E-state index in [0.29, 0.717) is 32.5 Å². The predicted molar refractivity (Wildman–Crippen MR) is 71.5 cm³/mol. The zero-order valence-corrected chi connectivity index (χ0v) is 12.3. The van der Waals surface area contributed by atoms with Gasteiger partial charge in [-0.25, -0.2) is 8.42 Å². The van der Waals surface area contributed by atoms with Crippen molar-refractivity contribution in [1.29, 1.82) is 0 Å². The zero-order valence-electron chi connectivity index (χ0n) is 11.5. The number of likely N-dealkylation sites (N-methyl/N-ethyl adjacent to an activating group) is 1. The number of aliphatic hydroxyl groups is 1. The molecule has 0 aromatic rings. The maximum atomic E-state index is 12.2. The Labute approximate surface area is 114 Å². The van der Waals surface area contributed by atoms with Crippen LogP contribution in [-0.2, 0) is 14.6 Å². The first-order valence-electron chi connectivity index (χ1n) is 6.57. The monoisotopic (exact) mass is 290 g/mol. The molecule has 2 aliphatic rings. The molecule has 19 heavy (non-hydrogen) atoms. The quantitative estimate of drug-likeness (QED) is 0.717. The van der Waals surface area contributed by atoms with Crippen LogP contribution in [0.2, 0.25) is 0 Å². The smallest absolute Gasteiger partial charge is 0.226 e. The summed E-state index contributed by atoms with van der Waals surface area (Å²) in [4.78, 5) is 15.8. The summed E-state index contributed by atoms with van der Waals surface area (Å²) in [5.74, 6) is -0.448. The minimum atomic E-state index is -3.04. The van der Waals surface area contributed by atoms with Crippen LogP contribution in [0, 0.1) is 5.92 Å². The molecule has 0 aromatic heterocycles. The molecule has 1 N–H and O–H groups in total. The molecule has 0 spiro atoms. The van der Waals surface area contributed by atoms with E-state index in [2.05, 4.69) is 0 Å².